The molecule has 0 saturated heterocycles. The van der Waals surface area contributed by atoms with E-state index in [1.807, 2.05) is 25.3 Å². The summed E-state index contributed by atoms with van der Waals surface area (Å²) in [5.41, 5.74) is 16.5. The Balaban J connectivity index is 1.75. The molecule has 1 aliphatic heterocycles. The van der Waals surface area contributed by atoms with Gasteiger partial charge in [-0.2, -0.15) is 9.97 Å². The van der Waals surface area contributed by atoms with Crippen LogP contribution in [0.15, 0.2) is 24.4 Å². The second kappa shape index (κ2) is 6.55. The smallest absolute Gasteiger partial charge is 0.224 e. The molecule has 27 heavy (non-hydrogen) atoms. The molecule has 0 spiro atoms. The van der Waals surface area contributed by atoms with Crippen LogP contribution in [0, 0.1) is 6.92 Å². The molecule has 0 saturated carbocycles. The van der Waals surface area contributed by atoms with Crippen molar-refractivity contribution in [3.8, 4) is 5.75 Å². The molecule has 0 amide bonds. The number of pyridine rings is 1. The number of hydrogen-bond acceptors (Lipinski definition) is 8. The van der Waals surface area contributed by atoms with Crippen molar-refractivity contribution >= 4 is 28.5 Å². The molecule has 4 rings (SSSR count). The summed E-state index contributed by atoms with van der Waals surface area (Å²) in [6.07, 6.45) is 1.78. The number of rotatable bonds is 4. The summed E-state index contributed by atoms with van der Waals surface area (Å²) in [5, 5.41) is 0.745. The molecule has 1 aliphatic rings. The fourth-order valence-corrected chi connectivity index (χ4v) is 3.74. The third-order valence-electron chi connectivity index (χ3n) is 5.09. The summed E-state index contributed by atoms with van der Waals surface area (Å²) in [4.78, 5) is 15.0. The molecule has 1 atom stereocenters. The molecule has 3 aromatic rings. The van der Waals surface area contributed by atoms with Crippen LogP contribution in [0.1, 0.15) is 22.8 Å². The van der Waals surface area contributed by atoms with E-state index < -0.39 is 0 Å². The number of hydrogen-bond donors (Lipinski definition) is 2. The topological polar surface area (TPSA) is 112 Å². The van der Waals surface area contributed by atoms with Crippen molar-refractivity contribution in [2.75, 3.05) is 37.1 Å². The quantitative estimate of drug-likeness (QED) is 0.723. The Hall–Kier alpha value is -3.13. The van der Waals surface area contributed by atoms with Crippen LogP contribution in [0.25, 0.3) is 11.0 Å². The molecule has 4 N–H and O–H groups in total. The summed E-state index contributed by atoms with van der Waals surface area (Å²) < 4.78 is 11.2. The summed E-state index contributed by atoms with van der Waals surface area (Å²) >= 11 is 0. The van der Waals surface area contributed by atoms with Crippen molar-refractivity contribution < 1.29 is 9.47 Å². The maximum atomic E-state index is 6.07. The van der Waals surface area contributed by atoms with Gasteiger partial charge in [-0.15, -0.1) is 0 Å². The molecule has 0 fully saturated rings. The average molecular weight is 366 g/mol. The van der Waals surface area contributed by atoms with Gasteiger partial charge in [0.15, 0.2) is 5.65 Å². The Labute approximate surface area is 157 Å². The van der Waals surface area contributed by atoms with Gasteiger partial charge < -0.3 is 25.8 Å². The predicted molar refractivity (Wildman–Crippen MR) is 105 cm³/mol. The molecule has 1 aromatic carbocycles. The lowest BCUT2D eigenvalue weighted by atomic mass is 10.1. The Morgan fingerprint density at radius 3 is 2.78 bits per heavy atom. The SMILES string of the molecule is COc1cccc2c1C(OC)CN2Cc1cnc2nc(N)nc(N)c2c1C. The van der Waals surface area contributed by atoms with Crippen LogP contribution in [-0.4, -0.2) is 35.7 Å². The van der Waals surface area contributed by atoms with Gasteiger partial charge in [0.05, 0.1) is 12.5 Å². The lowest BCUT2D eigenvalue weighted by molar-refractivity contribution is 0.114. The number of aryl methyl sites for hydroxylation is 1. The predicted octanol–water partition coefficient (Wildman–Crippen LogP) is 2.21. The van der Waals surface area contributed by atoms with Gasteiger partial charge in [0.1, 0.15) is 17.7 Å². The van der Waals surface area contributed by atoms with E-state index in [0.29, 0.717) is 18.0 Å². The number of aromatic nitrogens is 3. The number of fused-ring (bicyclic) bond motifs is 2. The first-order valence-corrected chi connectivity index (χ1v) is 8.65. The number of ether oxygens (including phenoxy) is 2. The van der Waals surface area contributed by atoms with Gasteiger partial charge >= 0.3 is 0 Å². The summed E-state index contributed by atoms with van der Waals surface area (Å²) in [6.45, 7) is 3.40. The van der Waals surface area contributed by atoms with Crippen LogP contribution in [-0.2, 0) is 11.3 Å². The molecule has 8 heteroatoms. The van der Waals surface area contributed by atoms with E-state index in [-0.39, 0.29) is 12.1 Å². The Bertz CT molecular complexity index is 1020. The van der Waals surface area contributed by atoms with Crippen molar-refractivity contribution in [3.63, 3.8) is 0 Å². The molecule has 0 aliphatic carbocycles. The Morgan fingerprint density at radius 2 is 2.04 bits per heavy atom. The first-order valence-electron chi connectivity index (χ1n) is 8.65. The zero-order chi connectivity index (χ0) is 19.1. The maximum Gasteiger partial charge on any atom is 0.224 e. The van der Waals surface area contributed by atoms with Crippen LogP contribution in [0.4, 0.5) is 17.5 Å². The Morgan fingerprint density at radius 1 is 1.22 bits per heavy atom. The largest absolute Gasteiger partial charge is 0.496 e. The van der Waals surface area contributed by atoms with Crippen LogP contribution in [0.2, 0.25) is 0 Å². The normalized spacial score (nSPS) is 16.0. The molecule has 0 radical (unpaired) electrons. The summed E-state index contributed by atoms with van der Waals surface area (Å²) in [5.74, 6) is 1.31. The highest BCUT2D eigenvalue weighted by atomic mass is 16.5. The minimum absolute atomic E-state index is 0.0435. The van der Waals surface area contributed by atoms with Gasteiger partial charge in [-0.05, 0) is 30.2 Å². The van der Waals surface area contributed by atoms with Gasteiger partial charge in [-0.1, -0.05) is 6.07 Å². The summed E-state index contributed by atoms with van der Waals surface area (Å²) in [7, 11) is 3.40. The van der Waals surface area contributed by atoms with Crippen LogP contribution < -0.4 is 21.1 Å². The Kier molecular flexibility index (Phi) is 4.19. The van der Waals surface area contributed by atoms with Gasteiger partial charge in [0.2, 0.25) is 5.95 Å². The second-order valence-corrected chi connectivity index (χ2v) is 6.57. The van der Waals surface area contributed by atoms with Crippen LogP contribution in [0.5, 0.6) is 5.75 Å². The van der Waals surface area contributed by atoms with E-state index in [1.54, 1.807) is 14.2 Å². The van der Waals surface area contributed by atoms with Crippen LogP contribution >= 0.6 is 0 Å². The van der Waals surface area contributed by atoms with Crippen molar-refractivity contribution in [1.29, 1.82) is 0 Å². The van der Waals surface area contributed by atoms with E-state index in [2.05, 4.69) is 25.9 Å². The number of nitrogens with zero attached hydrogens (tertiary/aromatic N) is 4. The first kappa shape index (κ1) is 17.3. The van der Waals surface area contributed by atoms with Crippen molar-refractivity contribution in [2.45, 2.75) is 19.6 Å². The third-order valence-corrected chi connectivity index (χ3v) is 5.09. The fourth-order valence-electron chi connectivity index (χ4n) is 3.74. The number of anilines is 3. The van der Waals surface area contributed by atoms with Crippen molar-refractivity contribution in [2.24, 2.45) is 0 Å². The zero-order valence-electron chi connectivity index (χ0n) is 15.6. The zero-order valence-corrected chi connectivity index (χ0v) is 15.6. The monoisotopic (exact) mass is 366 g/mol. The van der Waals surface area contributed by atoms with E-state index in [0.717, 1.165) is 40.1 Å². The van der Waals surface area contributed by atoms with Gasteiger partial charge in [0, 0.05) is 37.6 Å². The summed E-state index contributed by atoms with van der Waals surface area (Å²) in [6, 6.07) is 6.03. The number of methoxy groups -OCH3 is 2. The molecular weight excluding hydrogens is 344 g/mol. The van der Waals surface area contributed by atoms with Crippen molar-refractivity contribution in [1.82, 2.24) is 15.0 Å². The van der Waals surface area contributed by atoms with E-state index in [9.17, 15) is 0 Å². The highest BCUT2D eigenvalue weighted by Crippen LogP contribution is 2.43. The number of benzene rings is 1. The average Bonchev–Trinajstić information content (AvgIpc) is 3.01. The van der Waals surface area contributed by atoms with Gasteiger partial charge in [0.25, 0.3) is 0 Å². The highest BCUT2D eigenvalue weighted by molar-refractivity contribution is 5.90. The highest BCUT2D eigenvalue weighted by Gasteiger charge is 2.32. The molecule has 8 nitrogen and oxygen atoms in total. The molecule has 140 valence electrons. The molecule has 3 heterocycles. The number of nitrogen functional groups attached to an aromatic ring is 2. The van der Waals surface area contributed by atoms with E-state index >= 15 is 0 Å². The minimum Gasteiger partial charge on any atom is -0.496 e. The van der Waals surface area contributed by atoms with E-state index in [1.165, 1.54) is 0 Å². The first-order chi connectivity index (χ1) is 13.0. The standard InChI is InChI=1S/C19H22N6O2/c1-10-11(7-22-18-15(10)17(20)23-19(21)24-18)8-25-9-14(27-3)16-12(25)5-4-6-13(16)26-2/h4-7,14H,8-9H2,1-3H3,(H4,20,21,22,23,24). The molecular formula is C19H22N6O2. The third kappa shape index (κ3) is 2.78. The fraction of sp³-hybridized carbons (Fsp3) is 0.316. The lowest BCUT2D eigenvalue weighted by Gasteiger charge is -2.21. The van der Waals surface area contributed by atoms with Gasteiger partial charge in [-0.3, -0.25) is 0 Å². The molecule has 1 unspecified atom stereocenters. The lowest BCUT2D eigenvalue weighted by Crippen LogP contribution is -2.22. The van der Waals surface area contributed by atoms with E-state index in [4.69, 9.17) is 20.9 Å². The van der Waals surface area contributed by atoms with Crippen molar-refractivity contribution in [3.05, 3.63) is 41.1 Å². The van der Waals surface area contributed by atoms with Gasteiger partial charge in [-0.25, -0.2) is 4.98 Å². The second-order valence-electron chi connectivity index (χ2n) is 6.57. The maximum absolute atomic E-state index is 6.07. The number of nitrogens with two attached hydrogens (primary N) is 2. The molecule has 0 bridgehead atoms. The van der Waals surface area contributed by atoms with Crippen LogP contribution in [0.3, 0.4) is 0 Å². The minimum atomic E-state index is -0.0435. The molecule has 2 aromatic heterocycles.